The van der Waals surface area contributed by atoms with Crippen molar-refractivity contribution in [1.82, 2.24) is 9.78 Å². The second-order valence-corrected chi connectivity index (χ2v) is 2.14. The van der Waals surface area contributed by atoms with Crippen molar-refractivity contribution < 1.29 is 17.6 Å². The summed E-state index contributed by atoms with van der Waals surface area (Å²) in [6, 6.07) is 0. The first-order valence-corrected chi connectivity index (χ1v) is 3.04. The fraction of sp³-hybridized carbons (Fsp3) is 0.500. The molecule has 0 spiro atoms. The first kappa shape index (κ1) is 9.02. The summed E-state index contributed by atoms with van der Waals surface area (Å²) in [4.78, 5) is 0. The predicted molar refractivity (Wildman–Crippen MR) is 32.0 cm³/mol. The van der Waals surface area contributed by atoms with Crippen molar-refractivity contribution in [1.29, 1.82) is 0 Å². The Morgan fingerprint density at radius 3 is 2.17 bits per heavy atom. The number of nitrogens with zero attached hydrogens (tertiary/aromatic N) is 2. The standard InChI is InChI=1S/C6H5F4N2/c1-12-4(6(9)10)3(2-11-12)5(7)8/h5-6H,1H3. The number of halogens is 4. The van der Waals surface area contributed by atoms with Gasteiger partial charge in [-0.3, -0.25) is 4.68 Å². The Balaban J connectivity index is 3.12. The summed E-state index contributed by atoms with van der Waals surface area (Å²) >= 11 is 0. The van der Waals surface area contributed by atoms with Crippen molar-refractivity contribution in [3.8, 4) is 0 Å². The van der Waals surface area contributed by atoms with E-state index in [0.717, 1.165) is 0 Å². The largest absolute Gasteiger partial charge is 0.280 e. The van der Waals surface area contributed by atoms with Crippen LogP contribution >= 0.6 is 0 Å². The highest BCUT2D eigenvalue weighted by molar-refractivity contribution is 5.18. The van der Waals surface area contributed by atoms with Gasteiger partial charge in [-0.25, -0.2) is 17.6 Å². The van der Waals surface area contributed by atoms with E-state index in [1.54, 1.807) is 0 Å². The Labute approximate surface area is 65.8 Å². The third-order valence-electron chi connectivity index (χ3n) is 1.37. The first-order valence-electron chi connectivity index (χ1n) is 3.04. The van der Waals surface area contributed by atoms with Crippen LogP contribution in [0, 0.1) is 6.20 Å². The average Bonchev–Trinajstić information content (AvgIpc) is 2.30. The van der Waals surface area contributed by atoms with E-state index < -0.39 is 24.1 Å². The Bertz CT molecular complexity index is 269. The Morgan fingerprint density at radius 1 is 1.25 bits per heavy atom. The number of hydrogen-bond donors (Lipinski definition) is 0. The molecule has 12 heavy (non-hydrogen) atoms. The number of rotatable bonds is 2. The second-order valence-electron chi connectivity index (χ2n) is 2.14. The highest BCUT2D eigenvalue weighted by atomic mass is 19.3. The van der Waals surface area contributed by atoms with Gasteiger partial charge in [-0.15, -0.1) is 0 Å². The van der Waals surface area contributed by atoms with Crippen LogP contribution in [0.15, 0.2) is 0 Å². The minimum absolute atomic E-state index is 0.701. The lowest BCUT2D eigenvalue weighted by molar-refractivity contribution is 0.118. The van der Waals surface area contributed by atoms with Gasteiger partial charge in [0.2, 0.25) is 0 Å². The summed E-state index contributed by atoms with van der Waals surface area (Å²) in [5.41, 5.74) is -1.60. The Morgan fingerprint density at radius 2 is 1.83 bits per heavy atom. The molecule has 1 rings (SSSR count). The zero-order chi connectivity index (χ0) is 9.30. The monoisotopic (exact) mass is 181 g/mol. The van der Waals surface area contributed by atoms with Gasteiger partial charge < -0.3 is 0 Å². The van der Waals surface area contributed by atoms with Gasteiger partial charge in [0.25, 0.3) is 12.9 Å². The van der Waals surface area contributed by atoms with E-state index in [-0.39, 0.29) is 0 Å². The van der Waals surface area contributed by atoms with Gasteiger partial charge >= 0.3 is 0 Å². The minimum atomic E-state index is -2.96. The van der Waals surface area contributed by atoms with Gasteiger partial charge in [-0.2, -0.15) is 5.10 Å². The smallest absolute Gasteiger partial charge is 0.266 e. The van der Waals surface area contributed by atoms with Crippen LogP contribution in [0.5, 0.6) is 0 Å². The van der Waals surface area contributed by atoms with Crippen LogP contribution in [-0.2, 0) is 7.05 Å². The molecule has 2 nitrogen and oxygen atoms in total. The Hall–Kier alpha value is -1.07. The molecule has 1 aromatic heterocycles. The van der Waals surface area contributed by atoms with E-state index in [0.29, 0.717) is 4.68 Å². The molecule has 0 amide bonds. The molecule has 67 valence electrons. The quantitative estimate of drug-likeness (QED) is 0.639. The lowest BCUT2D eigenvalue weighted by atomic mass is 10.2. The molecule has 0 N–H and O–H groups in total. The molecule has 0 unspecified atom stereocenters. The summed E-state index contributed by atoms with van der Waals surface area (Å²) in [5, 5.41) is 3.19. The van der Waals surface area contributed by atoms with E-state index in [1.807, 2.05) is 6.20 Å². The topological polar surface area (TPSA) is 17.8 Å². The maximum atomic E-state index is 12.1. The highest BCUT2D eigenvalue weighted by Crippen LogP contribution is 2.28. The molecule has 0 saturated carbocycles. The van der Waals surface area contributed by atoms with Crippen LogP contribution < -0.4 is 0 Å². The van der Waals surface area contributed by atoms with Crippen LogP contribution in [-0.4, -0.2) is 9.78 Å². The maximum Gasteiger partial charge on any atom is 0.280 e. The van der Waals surface area contributed by atoms with Crippen molar-refractivity contribution in [2.75, 3.05) is 0 Å². The van der Waals surface area contributed by atoms with Gasteiger partial charge in [-0.05, 0) is 0 Å². The molecule has 0 bridgehead atoms. The fourth-order valence-corrected chi connectivity index (χ4v) is 0.834. The summed E-state index contributed by atoms with van der Waals surface area (Å²) in [6.45, 7) is 0. The number of alkyl halides is 4. The zero-order valence-electron chi connectivity index (χ0n) is 6.06. The number of aromatic nitrogens is 2. The molecule has 1 radical (unpaired) electrons. The summed E-state index contributed by atoms with van der Waals surface area (Å²) in [6.07, 6.45) is -4.06. The van der Waals surface area contributed by atoms with Crippen LogP contribution in [0.25, 0.3) is 0 Å². The molecule has 6 heteroatoms. The lowest BCUT2D eigenvalue weighted by Crippen LogP contribution is -2.01. The van der Waals surface area contributed by atoms with Gasteiger partial charge in [0, 0.05) is 7.05 Å². The van der Waals surface area contributed by atoms with Gasteiger partial charge in [0.15, 0.2) is 0 Å². The third-order valence-corrected chi connectivity index (χ3v) is 1.37. The van der Waals surface area contributed by atoms with E-state index in [4.69, 9.17) is 0 Å². The maximum absolute atomic E-state index is 12.1. The first-order chi connectivity index (χ1) is 5.54. The normalized spacial score (nSPS) is 11.6. The van der Waals surface area contributed by atoms with E-state index >= 15 is 0 Å². The highest BCUT2D eigenvalue weighted by Gasteiger charge is 2.24. The third kappa shape index (κ3) is 1.41. The van der Waals surface area contributed by atoms with Crippen molar-refractivity contribution in [2.24, 2.45) is 7.05 Å². The van der Waals surface area contributed by atoms with Crippen LogP contribution in [0.4, 0.5) is 17.6 Å². The SMILES string of the molecule is Cn1n[c]c(C(F)F)c1C(F)F. The molecule has 0 saturated heterocycles. The van der Waals surface area contributed by atoms with Crippen molar-refractivity contribution in [3.05, 3.63) is 17.5 Å². The van der Waals surface area contributed by atoms with E-state index in [2.05, 4.69) is 5.10 Å². The van der Waals surface area contributed by atoms with Crippen molar-refractivity contribution in [2.45, 2.75) is 12.9 Å². The zero-order valence-corrected chi connectivity index (χ0v) is 6.06. The van der Waals surface area contributed by atoms with Gasteiger partial charge in [-0.1, -0.05) is 0 Å². The molecule has 1 aromatic rings. The van der Waals surface area contributed by atoms with Crippen LogP contribution in [0.2, 0.25) is 0 Å². The molecule has 0 aliphatic carbocycles. The summed E-state index contributed by atoms with van der Waals surface area (Å²) < 4.78 is 48.8. The van der Waals surface area contributed by atoms with Crippen LogP contribution in [0.1, 0.15) is 24.1 Å². The molecule has 0 fully saturated rings. The number of hydrogen-bond acceptors (Lipinski definition) is 1. The van der Waals surface area contributed by atoms with E-state index in [9.17, 15) is 17.6 Å². The Kier molecular flexibility index (Phi) is 2.35. The molecular formula is C6H5F4N2. The molecule has 0 aliphatic heterocycles. The van der Waals surface area contributed by atoms with Crippen LogP contribution in [0.3, 0.4) is 0 Å². The van der Waals surface area contributed by atoms with Gasteiger partial charge in [0.1, 0.15) is 11.9 Å². The summed E-state index contributed by atoms with van der Waals surface area (Å²) in [5.74, 6) is 0. The molecule has 0 aromatic carbocycles. The van der Waals surface area contributed by atoms with Gasteiger partial charge in [0.05, 0.1) is 5.56 Å². The molecular weight excluding hydrogens is 176 g/mol. The van der Waals surface area contributed by atoms with Crippen molar-refractivity contribution >= 4 is 0 Å². The minimum Gasteiger partial charge on any atom is -0.266 e. The van der Waals surface area contributed by atoms with Crippen molar-refractivity contribution in [3.63, 3.8) is 0 Å². The number of aryl methyl sites for hydroxylation is 1. The van der Waals surface area contributed by atoms with E-state index in [1.165, 1.54) is 7.05 Å². The molecule has 1 heterocycles. The predicted octanol–water partition coefficient (Wildman–Crippen LogP) is 2.10. The average molecular weight is 181 g/mol. The summed E-state index contributed by atoms with van der Waals surface area (Å²) in [7, 11) is 1.17. The fourth-order valence-electron chi connectivity index (χ4n) is 0.834. The lowest BCUT2D eigenvalue weighted by Gasteiger charge is -2.02. The second kappa shape index (κ2) is 3.12. The molecule has 0 aliphatic rings. The molecule has 0 atom stereocenters.